The molecule has 0 saturated heterocycles. The molecule has 0 aromatic heterocycles. The van der Waals surface area contributed by atoms with Crippen molar-refractivity contribution in [3.8, 4) is 0 Å². The van der Waals surface area contributed by atoms with Crippen LogP contribution in [0.5, 0.6) is 0 Å². The number of dihydropyridines is 1. The standard InChI is InChI=1S/C10H14N2/c1-3-8-6-10-9(12-8)5-4-7(2)11-10/h4-5,9-10H,3,6H2,1-2H3. The lowest BCUT2D eigenvalue weighted by Gasteiger charge is -2.14. The fourth-order valence-electron chi connectivity index (χ4n) is 1.78. The van der Waals surface area contributed by atoms with Gasteiger partial charge in [0.2, 0.25) is 0 Å². The van der Waals surface area contributed by atoms with Crippen molar-refractivity contribution in [3.05, 3.63) is 12.2 Å². The lowest BCUT2D eigenvalue weighted by molar-refractivity contribution is 0.658. The monoisotopic (exact) mass is 162 g/mol. The predicted molar refractivity (Wildman–Crippen MR) is 52.2 cm³/mol. The first kappa shape index (κ1) is 7.71. The molecular formula is C10H14N2. The van der Waals surface area contributed by atoms with Crippen molar-refractivity contribution >= 4 is 11.4 Å². The molecule has 0 aromatic carbocycles. The summed E-state index contributed by atoms with van der Waals surface area (Å²) >= 11 is 0. The van der Waals surface area contributed by atoms with Crippen LogP contribution < -0.4 is 0 Å². The molecule has 64 valence electrons. The van der Waals surface area contributed by atoms with Crippen molar-refractivity contribution in [2.75, 3.05) is 0 Å². The highest BCUT2D eigenvalue weighted by molar-refractivity contribution is 5.95. The zero-order valence-corrected chi connectivity index (χ0v) is 7.62. The molecule has 0 saturated carbocycles. The first-order chi connectivity index (χ1) is 5.79. The molecule has 2 aliphatic rings. The molecule has 2 aliphatic heterocycles. The van der Waals surface area contributed by atoms with Crippen LogP contribution in [0.4, 0.5) is 0 Å². The van der Waals surface area contributed by atoms with E-state index in [1.54, 1.807) is 0 Å². The maximum atomic E-state index is 4.59. The Balaban J connectivity index is 2.18. The van der Waals surface area contributed by atoms with Crippen LogP contribution in [0.3, 0.4) is 0 Å². The molecule has 0 N–H and O–H groups in total. The van der Waals surface area contributed by atoms with Gasteiger partial charge in [0.15, 0.2) is 0 Å². The number of allylic oxidation sites excluding steroid dienone is 1. The van der Waals surface area contributed by atoms with Gasteiger partial charge in [-0.3, -0.25) is 9.98 Å². The fraction of sp³-hybridized carbons (Fsp3) is 0.600. The summed E-state index contributed by atoms with van der Waals surface area (Å²) in [5.74, 6) is 0. The van der Waals surface area contributed by atoms with Gasteiger partial charge in [-0.05, 0) is 19.4 Å². The maximum absolute atomic E-state index is 4.59. The summed E-state index contributed by atoms with van der Waals surface area (Å²) in [5.41, 5.74) is 2.47. The second-order valence-corrected chi connectivity index (χ2v) is 3.44. The van der Waals surface area contributed by atoms with E-state index in [4.69, 9.17) is 0 Å². The number of hydrogen-bond acceptors (Lipinski definition) is 2. The molecule has 0 spiro atoms. The van der Waals surface area contributed by atoms with Crippen LogP contribution in [0.1, 0.15) is 26.7 Å². The van der Waals surface area contributed by atoms with E-state index in [1.165, 1.54) is 5.71 Å². The van der Waals surface area contributed by atoms with E-state index >= 15 is 0 Å². The smallest absolute Gasteiger partial charge is 0.0910 e. The van der Waals surface area contributed by atoms with Crippen molar-refractivity contribution in [1.29, 1.82) is 0 Å². The summed E-state index contributed by atoms with van der Waals surface area (Å²) in [6.45, 7) is 4.22. The first-order valence-corrected chi connectivity index (χ1v) is 4.57. The molecule has 0 radical (unpaired) electrons. The van der Waals surface area contributed by atoms with E-state index in [2.05, 4.69) is 36.0 Å². The normalized spacial score (nSPS) is 32.8. The zero-order chi connectivity index (χ0) is 8.55. The summed E-state index contributed by atoms with van der Waals surface area (Å²) in [5, 5.41) is 0. The number of rotatable bonds is 1. The molecule has 12 heavy (non-hydrogen) atoms. The molecule has 2 atom stereocenters. The van der Waals surface area contributed by atoms with Crippen LogP contribution >= 0.6 is 0 Å². The van der Waals surface area contributed by atoms with Gasteiger partial charge in [-0.25, -0.2) is 0 Å². The third-order valence-corrected chi connectivity index (χ3v) is 2.48. The Morgan fingerprint density at radius 3 is 3.08 bits per heavy atom. The van der Waals surface area contributed by atoms with Crippen LogP contribution in [0.2, 0.25) is 0 Å². The number of fused-ring (bicyclic) bond motifs is 1. The van der Waals surface area contributed by atoms with Crippen LogP contribution in [0.15, 0.2) is 22.1 Å². The van der Waals surface area contributed by atoms with Crippen molar-refractivity contribution in [1.82, 2.24) is 0 Å². The highest BCUT2D eigenvalue weighted by Crippen LogP contribution is 2.23. The Morgan fingerprint density at radius 2 is 2.33 bits per heavy atom. The van der Waals surface area contributed by atoms with E-state index in [0.29, 0.717) is 12.1 Å². The quantitative estimate of drug-likeness (QED) is 0.563. The average molecular weight is 162 g/mol. The minimum absolute atomic E-state index is 0.351. The number of aliphatic imine (C=N–C) groups is 2. The van der Waals surface area contributed by atoms with Gasteiger partial charge in [-0.15, -0.1) is 0 Å². The summed E-state index contributed by atoms with van der Waals surface area (Å²) in [7, 11) is 0. The van der Waals surface area contributed by atoms with Crippen molar-refractivity contribution in [2.24, 2.45) is 9.98 Å². The number of hydrogen-bond donors (Lipinski definition) is 0. The van der Waals surface area contributed by atoms with Crippen molar-refractivity contribution in [3.63, 3.8) is 0 Å². The predicted octanol–water partition coefficient (Wildman–Crippen LogP) is 2.01. The second-order valence-electron chi connectivity index (χ2n) is 3.44. The molecule has 0 amide bonds. The van der Waals surface area contributed by atoms with Gasteiger partial charge in [-0.2, -0.15) is 0 Å². The minimum atomic E-state index is 0.351. The third kappa shape index (κ3) is 1.22. The second kappa shape index (κ2) is 2.85. The van der Waals surface area contributed by atoms with Crippen LogP contribution in [0.25, 0.3) is 0 Å². The Labute approximate surface area is 73.1 Å². The molecular weight excluding hydrogens is 148 g/mol. The zero-order valence-electron chi connectivity index (χ0n) is 7.62. The summed E-state index contributed by atoms with van der Waals surface area (Å²) in [6.07, 6.45) is 6.40. The Bertz CT molecular complexity index is 274. The minimum Gasteiger partial charge on any atom is -0.284 e. The molecule has 0 bridgehead atoms. The van der Waals surface area contributed by atoms with E-state index in [0.717, 1.165) is 18.6 Å². The first-order valence-electron chi connectivity index (χ1n) is 4.57. The Hall–Kier alpha value is -0.920. The molecule has 0 fully saturated rings. The van der Waals surface area contributed by atoms with Crippen LogP contribution in [-0.2, 0) is 0 Å². The lowest BCUT2D eigenvalue weighted by Crippen LogP contribution is -2.20. The van der Waals surface area contributed by atoms with Gasteiger partial charge in [0.25, 0.3) is 0 Å². The van der Waals surface area contributed by atoms with Gasteiger partial charge in [0.1, 0.15) is 0 Å². The topological polar surface area (TPSA) is 24.7 Å². The van der Waals surface area contributed by atoms with E-state index in [-0.39, 0.29) is 0 Å². The summed E-state index contributed by atoms with van der Waals surface area (Å²) in [4.78, 5) is 9.14. The van der Waals surface area contributed by atoms with Gasteiger partial charge in [0, 0.05) is 17.8 Å². The van der Waals surface area contributed by atoms with Crippen molar-refractivity contribution in [2.45, 2.75) is 38.8 Å². The SMILES string of the molecule is CCC1=NC2C=CC(C)=NC2C1. The maximum Gasteiger partial charge on any atom is 0.0910 e. The summed E-state index contributed by atoms with van der Waals surface area (Å²) in [6, 6.07) is 0.772. The van der Waals surface area contributed by atoms with E-state index in [1.807, 2.05) is 0 Å². The highest BCUT2D eigenvalue weighted by atomic mass is 15.0. The largest absolute Gasteiger partial charge is 0.284 e. The molecule has 0 aliphatic carbocycles. The highest BCUT2D eigenvalue weighted by Gasteiger charge is 2.27. The molecule has 2 rings (SSSR count). The fourth-order valence-corrected chi connectivity index (χ4v) is 1.78. The van der Waals surface area contributed by atoms with Gasteiger partial charge >= 0.3 is 0 Å². The molecule has 0 aromatic rings. The van der Waals surface area contributed by atoms with Crippen LogP contribution in [0, 0.1) is 0 Å². The van der Waals surface area contributed by atoms with Gasteiger partial charge in [-0.1, -0.05) is 13.0 Å². The van der Waals surface area contributed by atoms with E-state index in [9.17, 15) is 0 Å². The molecule has 2 heterocycles. The van der Waals surface area contributed by atoms with Crippen LogP contribution in [-0.4, -0.2) is 23.5 Å². The summed E-state index contributed by atoms with van der Waals surface area (Å²) < 4.78 is 0. The Morgan fingerprint density at radius 1 is 1.50 bits per heavy atom. The average Bonchev–Trinajstić information content (AvgIpc) is 2.46. The van der Waals surface area contributed by atoms with Gasteiger partial charge in [0.05, 0.1) is 12.1 Å². The lowest BCUT2D eigenvalue weighted by atomic mass is 10.0. The molecule has 2 heteroatoms. The third-order valence-electron chi connectivity index (χ3n) is 2.48. The van der Waals surface area contributed by atoms with E-state index < -0.39 is 0 Å². The molecule has 2 unspecified atom stereocenters. The Kier molecular flexibility index (Phi) is 1.83. The number of nitrogens with zero attached hydrogens (tertiary/aromatic N) is 2. The van der Waals surface area contributed by atoms with Crippen molar-refractivity contribution < 1.29 is 0 Å². The van der Waals surface area contributed by atoms with Gasteiger partial charge < -0.3 is 0 Å². The molecule has 2 nitrogen and oxygen atoms in total.